The molecule has 0 amide bonds. The van der Waals surface area contributed by atoms with Crippen molar-refractivity contribution in [2.24, 2.45) is 7.05 Å². The Balaban J connectivity index is 2.46. The Hall–Kier alpha value is -2.24. The van der Waals surface area contributed by atoms with Crippen molar-refractivity contribution in [2.45, 2.75) is 33.0 Å². The summed E-state index contributed by atoms with van der Waals surface area (Å²) in [7, 11) is 1.70. The van der Waals surface area contributed by atoms with Gasteiger partial charge in [-0.3, -0.25) is 4.79 Å². The van der Waals surface area contributed by atoms with Crippen LogP contribution in [0.3, 0.4) is 0 Å². The molecule has 130 valence electrons. The second-order valence-corrected chi connectivity index (χ2v) is 7.21. The summed E-state index contributed by atoms with van der Waals surface area (Å²) in [5, 5.41) is 5.52. The lowest BCUT2D eigenvalue weighted by atomic mass is 9.95. The molecule has 0 aliphatic heterocycles. The molecule has 1 aromatic carbocycles. The Bertz CT molecular complexity index is 971. The van der Waals surface area contributed by atoms with Gasteiger partial charge in [0.15, 0.2) is 12.4 Å². The SMILES string of the molecule is Cc1ccc2c(=O)n(C)c(C(C=O)OC(C)C)c(-c3ccsc3)c2c1. The molecule has 0 saturated heterocycles. The highest BCUT2D eigenvalue weighted by Crippen LogP contribution is 2.36. The van der Waals surface area contributed by atoms with Gasteiger partial charge in [0.2, 0.25) is 0 Å². The van der Waals surface area contributed by atoms with Crippen LogP contribution >= 0.6 is 11.3 Å². The number of thiophene rings is 1. The van der Waals surface area contributed by atoms with E-state index in [9.17, 15) is 9.59 Å². The first-order valence-electron chi connectivity index (χ1n) is 8.20. The highest BCUT2D eigenvalue weighted by Gasteiger charge is 2.24. The molecule has 0 N–H and O–H groups in total. The summed E-state index contributed by atoms with van der Waals surface area (Å²) < 4.78 is 7.36. The fraction of sp³-hybridized carbons (Fsp3) is 0.300. The minimum Gasteiger partial charge on any atom is -0.362 e. The summed E-state index contributed by atoms with van der Waals surface area (Å²) in [6.07, 6.45) is -0.155. The maximum absolute atomic E-state index is 12.9. The van der Waals surface area contributed by atoms with Crippen LogP contribution in [0, 0.1) is 6.92 Å². The number of aromatic nitrogens is 1. The van der Waals surface area contributed by atoms with Gasteiger partial charge in [0, 0.05) is 18.0 Å². The second kappa shape index (κ2) is 6.94. The molecule has 2 heterocycles. The van der Waals surface area contributed by atoms with Gasteiger partial charge in [0.05, 0.1) is 11.8 Å². The lowest BCUT2D eigenvalue weighted by Gasteiger charge is -2.23. The summed E-state index contributed by atoms with van der Waals surface area (Å²) >= 11 is 1.58. The second-order valence-electron chi connectivity index (χ2n) is 6.43. The van der Waals surface area contributed by atoms with E-state index in [1.165, 1.54) is 0 Å². The minimum absolute atomic E-state index is 0.122. The number of aldehydes is 1. The first kappa shape index (κ1) is 17.6. The summed E-state index contributed by atoms with van der Waals surface area (Å²) in [6.45, 7) is 5.75. The molecule has 4 nitrogen and oxygen atoms in total. The molecular formula is C20H21NO3S. The molecular weight excluding hydrogens is 334 g/mol. The van der Waals surface area contributed by atoms with Crippen LogP contribution in [0.4, 0.5) is 0 Å². The average Bonchev–Trinajstić information content (AvgIpc) is 3.09. The zero-order chi connectivity index (χ0) is 18.1. The van der Waals surface area contributed by atoms with Gasteiger partial charge in [0.25, 0.3) is 5.56 Å². The molecule has 0 radical (unpaired) electrons. The van der Waals surface area contributed by atoms with Crippen LogP contribution in [0.1, 0.15) is 31.2 Å². The zero-order valence-electron chi connectivity index (χ0n) is 14.8. The monoisotopic (exact) mass is 355 g/mol. The van der Waals surface area contributed by atoms with Gasteiger partial charge in [-0.25, -0.2) is 0 Å². The van der Waals surface area contributed by atoms with E-state index in [-0.39, 0.29) is 11.7 Å². The van der Waals surface area contributed by atoms with Gasteiger partial charge in [0.1, 0.15) is 0 Å². The van der Waals surface area contributed by atoms with Gasteiger partial charge in [-0.1, -0.05) is 17.7 Å². The largest absolute Gasteiger partial charge is 0.362 e. The number of fused-ring (bicyclic) bond motifs is 1. The molecule has 0 fully saturated rings. The summed E-state index contributed by atoms with van der Waals surface area (Å²) in [5.41, 5.74) is 3.43. The third-order valence-electron chi connectivity index (χ3n) is 4.22. The van der Waals surface area contributed by atoms with Crippen molar-refractivity contribution in [3.05, 3.63) is 56.6 Å². The van der Waals surface area contributed by atoms with E-state index in [0.29, 0.717) is 11.1 Å². The van der Waals surface area contributed by atoms with Crippen LogP contribution in [0.25, 0.3) is 21.9 Å². The molecule has 5 heteroatoms. The van der Waals surface area contributed by atoms with Crippen LogP contribution in [-0.4, -0.2) is 17.0 Å². The van der Waals surface area contributed by atoms with Crippen molar-refractivity contribution in [3.8, 4) is 11.1 Å². The minimum atomic E-state index is -0.794. The highest BCUT2D eigenvalue weighted by molar-refractivity contribution is 7.08. The normalized spacial score (nSPS) is 12.7. The molecule has 0 bridgehead atoms. The van der Waals surface area contributed by atoms with Crippen molar-refractivity contribution in [1.82, 2.24) is 4.57 Å². The predicted octanol–water partition coefficient (Wildman–Crippen LogP) is 4.24. The third-order valence-corrected chi connectivity index (χ3v) is 4.90. The fourth-order valence-electron chi connectivity index (χ4n) is 3.14. The summed E-state index contributed by atoms with van der Waals surface area (Å²) in [6, 6.07) is 7.80. The number of carbonyl (C=O) groups is 1. The van der Waals surface area contributed by atoms with Crippen molar-refractivity contribution in [1.29, 1.82) is 0 Å². The summed E-state index contributed by atoms with van der Waals surface area (Å²) in [5.74, 6) is 0. The number of benzene rings is 1. The van der Waals surface area contributed by atoms with Crippen LogP contribution in [0.15, 0.2) is 39.8 Å². The van der Waals surface area contributed by atoms with E-state index in [1.54, 1.807) is 23.0 Å². The Morgan fingerprint density at radius 1 is 1.20 bits per heavy atom. The van der Waals surface area contributed by atoms with E-state index >= 15 is 0 Å². The number of hydrogen-bond acceptors (Lipinski definition) is 4. The highest BCUT2D eigenvalue weighted by atomic mass is 32.1. The molecule has 3 aromatic rings. The topological polar surface area (TPSA) is 48.3 Å². The van der Waals surface area contributed by atoms with Gasteiger partial charge in [-0.05, 0) is 54.6 Å². The Morgan fingerprint density at radius 2 is 1.96 bits per heavy atom. The molecule has 0 saturated carbocycles. The zero-order valence-corrected chi connectivity index (χ0v) is 15.6. The van der Waals surface area contributed by atoms with Gasteiger partial charge in [-0.15, -0.1) is 0 Å². The molecule has 0 aliphatic rings. The predicted molar refractivity (Wildman–Crippen MR) is 102 cm³/mol. The maximum atomic E-state index is 12.9. The number of carbonyl (C=O) groups excluding carboxylic acids is 1. The van der Waals surface area contributed by atoms with Crippen molar-refractivity contribution in [3.63, 3.8) is 0 Å². The number of rotatable bonds is 5. The third kappa shape index (κ3) is 3.17. The first-order valence-corrected chi connectivity index (χ1v) is 9.15. The average molecular weight is 355 g/mol. The number of aryl methyl sites for hydroxylation is 1. The van der Waals surface area contributed by atoms with Crippen LogP contribution < -0.4 is 5.56 Å². The van der Waals surface area contributed by atoms with E-state index in [1.807, 2.05) is 55.8 Å². The Morgan fingerprint density at radius 3 is 2.56 bits per heavy atom. The lowest BCUT2D eigenvalue weighted by molar-refractivity contribution is -0.121. The van der Waals surface area contributed by atoms with Gasteiger partial charge in [-0.2, -0.15) is 11.3 Å². The lowest BCUT2D eigenvalue weighted by Crippen LogP contribution is -2.26. The van der Waals surface area contributed by atoms with Gasteiger partial charge < -0.3 is 14.1 Å². The van der Waals surface area contributed by atoms with Crippen LogP contribution in [-0.2, 0) is 16.6 Å². The Kier molecular flexibility index (Phi) is 4.88. The fourth-order valence-corrected chi connectivity index (χ4v) is 3.79. The number of hydrogen-bond donors (Lipinski definition) is 0. The molecule has 3 rings (SSSR count). The molecule has 0 spiro atoms. The van der Waals surface area contributed by atoms with Crippen LogP contribution in [0.5, 0.6) is 0 Å². The number of nitrogens with zero attached hydrogens (tertiary/aromatic N) is 1. The maximum Gasteiger partial charge on any atom is 0.258 e. The molecule has 0 aliphatic carbocycles. The summed E-state index contributed by atoms with van der Waals surface area (Å²) in [4.78, 5) is 24.7. The molecule has 1 atom stereocenters. The van der Waals surface area contributed by atoms with Crippen molar-refractivity contribution < 1.29 is 9.53 Å². The number of pyridine rings is 1. The molecule has 25 heavy (non-hydrogen) atoms. The van der Waals surface area contributed by atoms with Crippen LogP contribution in [0.2, 0.25) is 0 Å². The van der Waals surface area contributed by atoms with E-state index in [0.717, 1.165) is 28.4 Å². The molecule has 1 unspecified atom stereocenters. The van der Waals surface area contributed by atoms with E-state index < -0.39 is 6.10 Å². The number of ether oxygens (including phenoxy) is 1. The van der Waals surface area contributed by atoms with Crippen molar-refractivity contribution in [2.75, 3.05) is 0 Å². The van der Waals surface area contributed by atoms with Crippen molar-refractivity contribution >= 4 is 28.4 Å². The Labute approximate surface area is 150 Å². The van der Waals surface area contributed by atoms with Gasteiger partial charge >= 0.3 is 0 Å². The standard InChI is InChI=1S/C20H21NO3S/c1-12(2)24-17(10-22)19-18(14-7-8-25-11-14)16-9-13(3)5-6-15(16)20(23)21(19)4/h5-12,17H,1-4H3. The first-order chi connectivity index (χ1) is 11.9. The van der Waals surface area contributed by atoms with E-state index in [2.05, 4.69) is 0 Å². The smallest absolute Gasteiger partial charge is 0.258 e. The molecule has 2 aromatic heterocycles. The van der Waals surface area contributed by atoms with E-state index in [4.69, 9.17) is 4.74 Å². The quantitative estimate of drug-likeness (QED) is 0.643.